The number of hydrogen-bond donors (Lipinski definition) is 1. The van der Waals surface area contributed by atoms with Crippen LogP contribution in [-0.4, -0.2) is 42.4 Å². The first-order valence-electron chi connectivity index (χ1n) is 5.47. The van der Waals surface area contributed by atoms with Gasteiger partial charge in [-0.25, -0.2) is 0 Å². The van der Waals surface area contributed by atoms with Crippen LogP contribution in [-0.2, 0) is 11.3 Å². The van der Waals surface area contributed by atoms with Gasteiger partial charge in [0.05, 0.1) is 13.2 Å². The van der Waals surface area contributed by atoms with Gasteiger partial charge in [0.2, 0.25) is 0 Å². The minimum Gasteiger partial charge on any atom is -0.394 e. The summed E-state index contributed by atoms with van der Waals surface area (Å²) in [5.74, 6) is 0. The van der Waals surface area contributed by atoms with Crippen molar-refractivity contribution in [2.24, 2.45) is 0 Å². The van der Waals surface area contributed by atoms with Crippen LogP contribution in [0.5, 0.6) is 0 Å². The van der Waals surface area contributed by atoms with Crippen LogP contribution in [0.1, 0.15) is 18.7 Å². The second kappa shape index (κ2) is 6.35. The third kappa shape index (κ3) is 3.87. The number of aliphatic hydroxyl groups excluding tert-OH is 1. The van der Waals surface area contributed by atoms with Crippen molar-refractivity contribution in [1.82, 2.24) is 4.90 Å². The molecule has 0 aliphatic heterocycles. The second-order valence-corrected chi connectivity index (χ2v) is 5.50. The molecule has 1 aromatic heterocycles. The predicted octanol–water partition coefficient (Wildman–Crippen LogP) is 1.97. The first kappa shape index (κ1) is 13.6. The highest BCUT2D eigenvalue weighted by molar-refractivity contribution is 7.09. The fourth-order valence-electron chi connectivity index (χ4n) is 1.49. The average Bonchev–Trinajstić information content (AvgIpc) is 2.76. The molecular formula is C12H21NO2S. The lowest BCUT2D eigenvalue weighted by Crippen LogP contribution is -2.47. The zero-order valence-corrected chi connectivity index (χ0v) is 11.1. The maximum absolute atomic E-state index is 9.41. The number of ether oxygens (including phenoxy) is 1. The molecule has 0 radical (unpaired) electrons. The fourth-order valence-corrected chi connectivity index (χ4v) is 2.21. The summed E-state index contributed by atoms with van der Waals surface area (Å²) in [6.45, 7) is 6.65. The molecule has 1 N–H and O–H groups in total. The smallest absolute Gasteiger partial charge is 0.0610 e. The molecule has 0 spiro atoms. The van der Waals surface area contributed by atoms with Gasteiger partial charge in [-0.1, -0.05) is 6.07 Å². The molecule has 3 nitrogen and oxygen atoms in total. The van der Waals surface area contributed by atoms with Gasteiger partial charge >= 0.3 is 0 Å². The Bertz CT molecular complexity index is 285. The fraction of sp³-hybridized carbons (Fsp3) is 0.667. The van der Waals surface area contributed by atoms with Crippen molar-refractivity contribution in [2.75, 3.05) is 26.9 Å². The Morgan fingerprint density at radius 2 is 2.25 bits per heavy atom. The topological polar surface area (TPSA) is 32.7 Å². The quantitative estimate of drug-likeness (QED) is 0.794. The van der Waals surface area contributed by atoms with Gasteiger partial charge in [-0.05, 0) is 25.3 Å². The van der Waals surface area contributed by atoms with Crippen molar-refractivity contribution in [3.63, 3.8) is 0 Å². The Kier molecular flexibility index (Phi) is 5.41. The maximum Gasteiger partial charge on any atom is 0.0610 e. The molecule has 0 aromatic carbocycles. The monoisotopic (exact) mass is 243 g/mol. The van der Waals surface area contributed by atoms with Gasteiger partial charge < -0.3 is 9.84 Å². The van der Waals surface area contributed by atoms with E-state index in [9.17, 15) is 5.11 Å². The zero-order valence-electron chi connectivity index (χ0n) is 10.3. The van der Waals surface area contributed by atoms with E-state index in [0.717, 1.165) is 13.1 Å². The van der Waals surface area contributed by atoms with E-state index in [1.807, 2.05) is 0 Å². The summed E-state index contributed by atoms with van der Waals surface area (Å²) in [5.41, 5.74) is -0.206. The van der Waals surface area contributed by atoms with Crippen molar-refractivity contribution in [3.05, 3.63) is 22.4 Å². The Labute approximate surface area is 102 Å². The van der Waals surface area contributed by atoms with Gasteiger partial charge in [0, 0.05) is 30.6 Å². The molecule has 0 aliphatic carbocycles. The highest BCUT2D eigenvalue weighted by atomic mass is 32.1. The summed E-state index contributed by atoms with van der Waals surface area (Å²) in [4.78, 5) is 3.57. The van der Waals surface area contributed by atoms with Gasteiger partial charge in [0.25, 0.3) is 0 Å². The summed E-state index contributed by atoms with van der Waals surface area (Å²) in [5, 5.41) is 11.5. The minimum atomic E-state index is -0.206. The standard InChI is InChI=1S/C12H21NO2S/c1-12(2,10-14)13(6-7-15-3)9-11-5-4-8-16-11/h4-5,8,14H,6-7,9-10H2,1-3H3. The van der Waals surface area contributed by atoms with E-state index in [2.05, 4.69) is 36.3 Å². The summed E-state index contributed by atoms with van der Waals surface area (Å²) in [6, 6.07) is 4.18. The lowest BCUT2D eigenvalue weighted by molar-refractivity contribution is 0.0306. The lowest BCUT2D eigenvalue weighted by Gasteiger charge is -2.36. The van der Waals surface area contributed by atoms with Crippen LogP contribution in [0.4, 0.5) is 0 Å². The molecule has 0 saturated heterocycles. The Morgan fingerprint density at radius 1 is 1.50 bits per heavy atom. The van der Waals surface area contributed by atoms with Crippen LogP contribution in [0, 0.1) is 0 Å². The lowest BCUT2D eigenvalue weighted by atomic mass is 10.0. The SMILES string of the molecule is COCCN(Cc1cccs1)C(C)(C)CO. The molecule has 0 unspecified atom stereocenters. The van der Waals surface area contributed by atoms with Gasteiger partial charge in [0.15, 0.2) is 0 Å². The molecule has 92 valence electrons. The highest BCUT2D eigenvalue weighted by Crippen LogP contribution is 2.19. The van der Waals surface area contributed by atoms with E-state index >= 15 is 0 Å². The molecule has 1 rings (SSSR count). The number of nitrogens with zero attached hydrogens (tertiary/aromatic N) is 1. The Hall–Kier alpha value is -0.420. The van der Waals surface area contributed by atoms with Crippen LogP contribution in [0.25, 0.3) is 0 Å². The van der Waals surface area contributed by atoms with E-state index < -0.39 is 0 Å². The number of thiophene rings is 1. The van der Waals surface area contributed by atoms with Gasteiger partial charge in [-0.2, -0.15) is 0 Å². The minimum absolute atomic E-state index is 0.155. The molecule has 0 aliphatic rings. The molecule has 1 heterocycles. The summed E-state index contributed by atoms with van der Waals surface area (Å²) in [6.07, 6.45) is 0. The average molecular weight is 243 g/mol. The maximum atomic E-state index is 9.41. The molecule has 16 heavy (non-hydrogen) atoms. The van der Waals surface area contributed by atoms with Crippen LogP contribution in [0.15, 0.2) is 17.5 Å². The van der Waals surface area contributed by atoms with Crippen molar-refractivity contribution in [1.29, 1.82) is 0 Å². The molecule has 0 atom stereocenters. The summed E-state index contributed by atoms with van der Waals surface area (Å²) in [7, 11) is 1.70. The predicted molar refractivity (Wildman–Crippen MR) is 67.8 cm³/mol. The van der Waals surface area contributed by atoms with Crippen molar-refractivity contribution < 1.29 is 9.84 Å². The van der Waals surface area contributed by atoms with Gasteiger partial charge in [-0.15, -0.1) is 11.3 Å². The number of rotatable bonds is 7. The van der Waals surface area contributed by atoms with Crippen molar-refractivity contribution in [3.8, 4) is 0 Å². The molecule has 0 saturated carbocycles. The number of methoxy groups -OCH3 is 1. The third-order valence-electron chi connectivity index (χ3n) is 2.74. The molecule has 4 heteroatoms. The number of aliphatic hydroxyl groups is 1. The second-order valence-electron chi connectivity index (χ2n) is 4.46. The Balaban J connectivity index is 2.63. The normalized spacial score (nSPS) is 12.3. The summed E-state index contributed by atoms with van der Waals surface area (Å²) >= 11 is 1.75. The van der Waals surface area contributed by atoms with Crippen LogP contribution >= 0.6 is 11.3 Å². The highest BCUT2D eigenvalue weighted by Gasteiger charge is 2.25. The van der Waals surface area contributed by atoms with E-state index in [4.69, 9.17) is 4.74 Å². The van der Waals surface area contributed by atoms with E-state index in [1.54, 1.807) is 18.4 Å². The van der Waals surface area contributed by atoms with Gasteiger partial charge in [-0.3, -0.25) is 4.90 Å². The largest absolute Gasteiger partial charge is 0.394 e. The van der Waals surface area contributed by atoms with Crippen LogP contribution in [0.2, 0.25) is 0 Å². The Morgan fingerprint density at radius 3 is 2.75 bits per heavy atom. The van der Waals surface area contributed by atoms with E-state index in [1.165, 1.54) is 4.88 Å². The third-order valence-corrected chi connectivity index (χ3v) is 3.60. The number of hydrogen-bond acceptors (Lipinski definition) is 4. The molecule has 1 aromatic rings. The summed E-state index contributed by atoms with van der Waals surface area (Å²) < 4.78 is 5.11. The van der Waals surface area contributed by atoms with Crippen molar-refractivity contribution in [2.45, 2.75) is 25.9 Å². The van der Waals surface area contributed by atoms with Crippen molar-refractivity contribution >= 4 is 11.3 Å². The first-order valence-corrected chi connectivity index (χ1v) is 6.35. The van der Waals surface area contributed by atoms with Gasteiger partial charge in [0.1, 0.15) is 0 Å². The zero-order chi connectivity index (χ0) is 12.0. The molecule has 0 amide bonds. The van der Waals surface area contributed by atoms with E-state index in [0.29, 0.717) is 6.61 Å². The van der Waals surface area contributed by atoms with E-state index in [-0.39, 0.29) is 12.1 Å². The molecule has 0 bridgehead atoms. The molecule has 0 fully saturated rings. The molecular weight excluding hydrogens is 222 g/mol. The van der Waals surface area contributed by atoms with Crippen LogP contribution < -0.4 is 0 Å². The van der Waals surface area contributed by atoms with Crippen LogP contribution in [0.3, 0.4) is 0 Å². The first-order chi connectivity index (χ1) is 7.60.